The largest absolute Gasteiger partial charge is 0.388 e. The summed E-state index contributed by atoms with van der Waals surface area (Å²) < 4.78 is 1.07. The maximum Gasteiger partial charge on any atom is 0.0851 e. The van der Waals surface area contributed by atoms with Crippen LogP contribution >= 0.6 is 15.9 Å². The fraction of sp³-hybridized carbons (Fsp3) is 0.273. The second-order valence-electron chi connectivity index (χ2n) is 3.40. The lowest BCUT2D eigenvalue weighted by atomic mass is 10.0. The molecule has 0 amide bonds. The van der Waals surface area contributed by atoms with Crippen LogP contribution in [0.5, 0.6) is 0 Å². The van der Waals surface area contributed by atoms with E-state index in [0.717, 1.165) is 22.2 Å². The van der Waals surface area contributed by atoms with Crippen LogP contribution in [0.1, 0.15) is 5.56 Å². The highest BCUT2D eigenvalue weighted by atomic mass is 79.9. The third-order valence-electron chi connectivity index (χ3n) is 2.26. The minimum Gasteiger partial charge on any atom is -0.388 e. The Hall–Kier alpha value is -0.640. The van der Waals surface area contributed by atoms with Gasteiger partial charge in [-0.15, -0.1) is 0 Å². The summed E-state index contributed by atoms with van der Waals surface area (Å²) >= 11 is 3.43. The van der Waals surface area contributed by atoms with Gasteiger partial charge >= 0.3 is 0 Å². The van der Waals surface area contributed by atoms with E-state index in [-0.39, 0.29) is 6.10 Å². The number of aliphatic hydroxyl groups is 1. The predicted molar refractivity (Wildman–Crippen MR) is 61.0 cm³/mol. The normalized spacial score (nSPS) is 21.9. The fourth-order valence-electron chi connectivity index (χ4n) is 1.59. The number of nitrogens with one attached hydrogen (secondary N) is 1. The van der Waals surface area contributed by atoms with Crippen LogP contribution in [-0.4, -0.2) is 24.3 Å². The lowest BCUT2D eigenvalue weighted by Gasteiger charge is -2.18. The Kier molecular flexibility index (Phi) is 3.01. The van der Waals surface area contributed by atoms with Crippen LogP contribution in [0.3, 0.4) is 0 Å². The minimum absolute atomic E-state index is 0.363. The smallest absolute Gasteiger partial charge is 0.0851 e. The first kappa shape index (κ1) is 9.90. The summed E-state index contributed by atoms with van der Waals surface area (Å²) in [5.74, 6) is 0. The molecule has 0 radical (unpaired) electrons. The van der Waals surface area contributed by atoms with E-state index < -0.39 is 0 Å². The van der Waals surface area contributed by atoms with E-state index in [1.54, 1.807) is 0 Å². The van der Waals surface area contributed by atoms with Crippen LogP contribution in [0.2, 0.25) is 0 Å². The number of hydrogen-bond acceptors (Lipinski definition) is 2. The molecule has 0 spiro atoms. The molecule has 2 nitrogen and oxygen atoms in total. The summed E-state index contributed by atoms with van der Waals surface area (Å²) in [4.78, 5) is 0. The summed E-state index contributed by atoms with van der Waals surface area (Å²) in [6.45, 7) is 1.48. The number of benzene rings is 1. The van der Waals surface area contributed by atoms with Crippen LogP contribution in [0.25, 0.3) is 5.57 Å². The van der Waals surface area contributed by atoms with Gasteiger partial charge in [-0.05, 0) is 29.3 Å². The van der Waals surface area contributed by atoms with Crippen molar-refractivity contribution in [3.8, 4) is 0 Å². The van der Waals surface area contributed by atoms with Crippen molar-refractivity contribution in [2.24, 2.45) is 0 Å². The third-order valence-corrected chi connectivity index (χ3v) is 2.75. The Morgan fingerprint density at radius 1 is 1.43 bits per heavy atom. The average molecular weight is 254 g/mol. The molecular formula is C11H12BrNO. The van der Waals surface area contributed by atoms with Gasteiger partial charge in [-0.25, -0.2) is 0 Å². The van der Waals surface area contributed by atoms with Crippen molar-refractivity contribution in [2.45, 2.75) is 6.10 Å². The Bertz CT molecular complexity index is 362. The molecule has 0 saturated carbocycles. The van der Waals surface area contributed by atoms with Crippen LogP contribution in [-0.2, 0) is 0 Å². The molecule has 1 atom stereocenters. The predicted octanol–water partition coefficient (Wildman–Crippen LogP) is 1.80. The standard InChI is InChI=1S/C11H12BrNO/c12-10-3-1-2-8(4-10)9-5-11(14)7-13-6-9/h1-5,11,13-14H,6-7H2. The second-order valence-corrected chi connectivity index (χ2v) is 4.32. The molecule has 1 aromatic carbocycles. The molecule has 1 heterocycles. The summed E-state index contributed by atoms with van der Waals surface area (Å²) in [6.07, 6.45) is 1.55. The monoisotopic (exact) mass is 253 g/mol. The van der Waals surface area contributed by atoms with Gasteiger partial charge in [0.15, 0.2) is 0 Å². The Balaban J connectivity index is 2.30. The van der Waals surface area contributed by atoms with Crippen LogP contribution in [0, 0.1) is 0 Å². The van der Waals surface area contributed by atoms with Crippen LogP contribution < -0.4 is 5.32 Å². The van der Waals surface area contributed by atoms with Gasteiger partial charge in [-0.3, -0.25) is 0 Å². The number of halogens is 1. The molecule has 1 aliphatic rings. The van der Waals surface area contributed by atoms with Crippen molar-refractivity contribution in [3.63, 3.8) is 0 Å². The highest BCUT2D eigenvalue weighted by Crippen LogP contribution is 2.20. The molecule has 0 aromatic heterocycles. The van der Waals surface area contributed by atoms with E-state index in [1.807, 2.05) is 18.2 Å². The van der Waals surface area contributed by atoms with Crippen molar-refractivity contribution >= 4 is 21.5 Å². The van der Waals surface area contributed by atoms with Gasteiger partial charge < -0.3 is 10.4 Å². The van der Waals surface area contributed by atoms with Crippen molar-refractivity contribution in [1.82, 2.24) is 5.32 Å². The molecule has 0 bridgehead atoms. The van der Waals surface area contributed by atoms with Gasteiger partial charge in [0.05, 0.1) is 6.10 Å². The molecule has 2 rings (SSSR count). The van der Waals surface area contributed by atoms with Gasteiger partial charge in [0.2, 0.25) is 0 Å². The zero-order valence-corrected chi connectivity index (χ0v) is 9.29. The van der Waals surface area contributed by atoms with Crippen molar-refractivity contribution in [2.75, 3.05) is 13.1 Å². The summed E-state index contributed by atoms with van der Waals surface area (Å²) in [6, 6.07) is 8.11. The molecule has 1 aromatic rings. The third kappa shape index (κ3) is 2.23. The number of hydrogen-bond donors (Lipinski definition) is 2. The molecule has 0 fully saturated rings. The zero-order chi connectivity index (χ0) is 9.97. The maximum absolute atomic E-state index is 9.46. The first-order valence-corrected chi connectivity index (χ1v) is 5.40. The molecule has 74 valence electrons. The molecule has 1 unspecified atom stereocenters. The summed E-state index contributed by atoms with van der Waals surface area (Å²) in [7, 11) is 0. The van der Waals surface area contributed by atoms with Gasteiger partial charge in [0.25, 0.3) is 0 Å². The van der Waals surface area contributed by atoms with E-state index in [9.17, 15) is 5.11 Å². The highest BCUT2D eigenvalue weighted by molar-refractivity contribution is 9.10. The molecule has 1 aliphatic heterocycles. The van der Waals surface area contributed by atoms with E-state index >= 15 is 0 Å². The van der Waals surface area contributed by atoms with Crippen molar-refractivity contribution in [3.05, 3.63) is 40.4 Å². The van der Waals surface area contributed by atoms with Crippen molar-refractivity contribution in [1.29, 1.82) is 0 Å². The van der Waals surface area contributed by atoms with Gasteiger partial charge in [0.1, 0.15) is 0 Å². The summed E-state index contributed by atoms with van der Waals surface area (Å²) in [5, 5.41) is 12.6. The lowest BCUT2D eigenvalue weighted by Crippen LogP contribution is -2.31. The topological polar surface area (TPSA) is 32.3 Å². The van der Waals surface area contributed by atoms with Gasteiger partial charge in [-0.1, -0.05) is 28.1 Å². The van der Waals surface area contributed by atoms with Gasteiger partial charge in [-0.2, -0.15) is 0 Å². The van der Waals surface area contributed by atoms with Crippen molar-refractivity contribution < 1.29 is 5.11 Å². The van der Waals surface area contributed by atoms with E-state index in [2.05, 4.69) is 33.4 Å². The lowest BCUT2D eigenvalue weighted by molar-refractivity contribution is 0.217. The Morgan fingerprint density at radius 3 is 3.00 bits per heavy atom. The number of β-amino-alcohol motifs (C(OH)–C–C–N with tert-alkyl or cyclic N) is 1. The maximum atomic E-state index is 9.46. The van der Waals surface area contributed by atoms with E-state index in [1.165, 1.54) is 0 Å². The average Bonchev–Trinajstić information content (AvgIpc) is 2.18. The molecule has 14 heavy (non-hydrogen) atoms. The molecular weight excluding hydrogens is 242 g/mol. The van der Waals surface area contributed by atoms with E-state index in [4.69, 9.17) is 0 Å². The minimum atomic E-state index is -0.363. The molecule has 2 N–H and O–H groups in total. The van der Waals surface area contributed by atoms with Crippen LogP contribution in [0.15, 0.2) is 34.8 Å². The van der Waals surface area contributed by atoms with Gasteiger partial charge in [0, 0.05) is 17.6 Å². The second kappa shape index (κ2) is 4.26. The molecule has 0 saturated heterocycles. The zero-order valence-electron chi connectivity index (χ0n) is 7.70. The Labute approximate surface area is 91.8 Å². The number of aliphatic hydroxyl groups excluding tert-OH is 1. The summed E-state index contributed by atoms with van der Waals surface area (Å²) in [5.41, 5.74) is 2.32. The molecule has 0 aliphatic carbocycles. The highest BCUT2D eigenvalue weighted by Gasteiger charge is 2.11. The van der Waals surface area contributed by atoms with E-state index in [0.29, 0.717) is 6.54 Å². The Morgan fingerprint density at radius 2 is 2.29 bits per heavy atom. The SMILES string of the molecule is OC1C=C(c2cccc(Br)c2)CNC1. The first-order valence-electron chi connectivity index (χ1n) is 4.61. The number of rotatable bonds is 1. The molecule has 3 heteroatoms. The first-order chi connectivity index (χ1) is 6.75. The quantitative estimate of drug-likeness (QED) is 0.800. The fourth-order valence-corrected chi connectivity index (χ4v) is 1.99. The van der Waals surface area contributed by atoms with Crippen LogP contribution in [0.4, 0.5) is 0 Å².